The smallest absolute Gasteiger partial charge is 0.210 e. The van der Waals surface area contributed by atoms with Gasteiger partial charge in [-0.1, -0.05) is 25.8 Å². The van der Waals surface area contributed by atoms with E-state index in [9.17, 15) is 21.6 Å². The Hall–Kier alpha value is -1.54. The first-order chi connectivity index (χ1) is 8.63. The molecule has 1 aromatic carbocycles. The molecule has 0 aliphatic rings. The maximum atomic E-state index is 12.1. The molecule has 0 radical (unpaired) electrons. The van der Waals surface area contributed by atoms with Crippen LogP contribution in [-0.2, 0) is 25.0 Å². The third kappa shape index (κ3) is 3.07. The van der Waals surface area contributed by atoms with Crippen molar-refractivity contribution < 1.29 is 21.6 Å². The fourth-order valence-corrected chi connectivity index (χ4v) is 3.98. The zero-order valence-corrected chi connectivity index (χ0v) is 12.1. The van der Waals surface area contributed by atoms with Crippen LogP contribution in [0.25, 0.3) is 0 Å². The van der Waals surface area contributed by atoms with E-state index in [0.29, 0.717) is 5.56 Å². The molecule has 0 bridgehead atoms. The summed E-state index contributed by atoms with van der Waals surface area (Å²) in [5.41, 5.74) is 1.24. The van der Waals surface area contributed by atoms with Crippen molar-refractivity contribution in [1.29, 1.82) is 0 Å². The Kier molecular flexibility index (Phi) is 4.26. The average molecular weight is 304 g/mol. The van der Waals surface area contributed by atoms with Gasteiger partial charge in [-0.3, -0.25) is 0 Å². The van der Waals surface area contributed by atoms with E-state index in [1.54, 1.807) is 26.0 Å². The molecule has 0 atom stereocenters. The lowest BCUT2D eigenvalue weighted by molar-refractivity contribution is 0.525. The average Bonchev–Trinajstić information content (AvgIpc) is 2.27. The maximum Gasteiger partial charge on any atom is 0.345 e. The van der Waals surface area contributed by atoms with E-state index in [1.165, 1.54) is 6.07 Å². The summed E-state index contributed by atoms with van der Waals surface area (Å²) in [4.78, 5) is 9.85. The largest absolute Gasteiger partial charge is 0.345 e. The molecule has 0 aliphatic carbocycles. The van der Waals surface area contributed by atoms with Crippen LogP contribution in [-0.4, -0.2) is 33.7 Å². The number of aryl methyl sites for hydroxylation is 2. The Morgan fingerprint density at radius 2 is 1.74 bits per heavy atom. The highest BCUT2D eigenvalue weighted by Gasteiger charge is 2.32. The van der Waals surface area contributed by atoms with Crippen molar-refractivity contribution in [2.24, 2.45) is 4.40 Å². The number of hydrogen-bond acceptors (Lipinski definition) is 5. The van der Waals surface area contributed by atoms with Gasteiger partial charge in [0.25, 0.3) is 16.1 Å². The van der Waals surface area contributed by atoms with E-state index in [1.807, 2.05) is 0 Å². The van der Waals surface area contributed by atoms with Crippen molar-refractivity contribution >= 4 is 26.3 Å². The molecular formula is C10H12N2O5S2. The molecule has 0 aromatic heterocycles. The monoisotopic (exact) mass is 304 g/mol. The normalized spacial score (nSPS) is 12.2. The Morgan fingerprint density at radius 1 is 1.16 bits per heavy atom. The zero-order chi connectivity index (χ0) is 14.8. The topological polar surface area (TPSA) is 101 Å². The number of nitrogens with zero attached hydrogens (tertiary/aromatic N) is 2. The van der Waals surface area contributed by atoms with E-state index >= 15 is 0 Å². The Bertz CT molecular complexity index is 746. The summed E-state index contributed by atoms with van der Waals surface area (Å²) in [7, 11) is -8.08. The first kappa shape index (κ1) is 15.5. The van der Waals surface area contributed by atoms with Crippen LogP contribution in [0.15, 0.2) is 27.5 Å². The summed E-state index contributed by atoms with van der Waals surface area (Å²) < 4.78 is 49.7. The molecule has 1 rings (SSSR count). The van der Waals surface area contributed by atoms with E-state index in [-0.39, 0.29) is 8.61 Å². The summed E-state index contributed by atoms with van der Waals surface area (Å²) in [5.74, 6) is 0. The fourth-order valence-electron chi connectivity index (χ4n) is 1.46. The van der Waals surface area contributed by atoms with Gasteiger partial charge in [0, 0.05) is 7.05 Å². The second-order valence-electron chi connectivity index (χ2n) is 3.81. The van der Waals surface area contributed by atoms with Crippen LogP contribution < -0.4 is 0 Å². The lowest BCUT2D eigenvalue weighted by Gasteiger charge is -2.15. The van der Waals surface area contributed by atoms with Gasteiger partial charge in [-0.05, 0) is 25.5 Å². The minimum absolute atomic E-state index is 0.0442. The molecule has 0 spiro atoms. The van der Waals surface area contributed by atoms with Crippen molar-refractivity contribution in [1.82, 2.24) is 3.71 Å². The molecule has 1 aromatic rings. The number of sulfonamides is 1. The maximum absolute atomic E-state index is 12.1. The molecule has 0 aliphatic heterocycles. The summed E-state index contributed by atoms with van der Waals surface area (Å²) in [6.07, 6.45) is 0.817. The van der Waals surface area contributed by atoms with Gasteiger partial charge < -0.3 is 0 Å². The molecule has 0 saturated heterocycles. The van der Waals surface area contributed by atoms with Gasteiger partial charge in [-0.15, -0.1) is 0 Å². The predicted molar refractivity (Wildman–Crippen MR) is 67.9 cm³/mol. The minimum atomic E-state index is -4.60. The van der Waals surface area contributed by atoms with Gasteiger partial charge in [-0.2, -0.15) is 8.42 Å². The number of carbonyl (C=O) groups excluding carboxylic acids is 1. The van der Waals surface area contributed by atoms with E-state index in [0.717, 1.165) is 18.7 Å². The van der Waals surface area contributed by atoms with Gasteiger partial charge in [-0.25, -0.2) is 13.2 Å². The molecule has 19 heavy (non-hydrogen) atoms. The SMILES string of the molecule is Cc1ccc(S(=O)(=O)N(C)S(=O)(=O)N=C=O)c(C)c1. The molecule has 0 amide bonds. The molecule has 104 valence electrons. The van der Waals surface area contributed by atoms with Crippen LogP contribution in [0, 0.1) is 13.8 Å². The van der Waals surface area contributed by atoms with Crippen molar-refractivity contribution in [3.63, 3.8) is 0 Å². The highest BCUT2D eigenvalue weighted by molar-refractivity contribution is 8.03. The molecule has 7 nitrogen and oxygen atoms in total. The lowest BCUT2D eigenvalue weighted by atomic mass is 10.2. The third-order valence-corrected chi connectivity index (χ3v) is 6.22. The quantitative estimate of drug-likeness (QED) is 0.595. The van der Waals surface area contributed by atoms with Gasteiger partial charge in [0.05, 0.1) is 4.90 Å². The first-order valence-electron chi connectivity index (χ1n) is 5.03. The van der Waals surface area contributed by atoms with Crippen LogP contribution in [0.2, 0.25) is 0 Å². The van der Waals surface area contributed by atoms with Crippen LogP contribution in [0.4, 0.5) is 0 Å². The molecule has 0 unspecified atom stereocenters. The molecule has 0 N–H and O–H groups in total. The number of benzene rings is 1. The van der Waals surface area contributed by atoms with Crippen LogP contribution >= 0.6 is 0 Å². The Balaban J connectivity index is 3.44. The van der Waals surface area contributed by atoms with Crippen LogP contribution in [0.1, 0.15) is 11.1 Å². The number of isocyanates is 1. The zero-order valence-electron chi connectivity index (χ0n) is 10.5. The predicted octanol–water partition coefficient (Wildman–Crippen LogP) is 0.505. The fraction of sp³-hybridized carbons (Fsp3) is 0.300. The lowest BCUT2D eigenvalue weighted by Crippen LogP contribution is -2.32. The van der Waals surface area contributed by atoms with E-state index in [4.69, 9.17) is 0 Å². The number of rotatable bonds is 4. The highest BCUT2D eigenvalue weighted by atomic mass is 32.3. The van der Waals surface area contributed by atoms with E-state index in [2.05, 4.69) is 4.40 Å². The highest BCUT2D eigenvalue weighted by Crippen LogP contribution is 2.22. The molecular weight excluding hydrogens is 292 g/mol. The molecule has 0 fully saturated rings. The van der Waals surface area contributed by atoms with Gasteiger partial charge in [0.15, 0.2) is 0 Å². The summed E-state index contributed by atoms with van der Waals surface area (Å²) in [6, 6.07) is 4.45. The van der Waals surface area contributed by atoms with E-state index < -0.39 is 20.2 Å². The summed E-state index contributed by atoms with van der Waals surface area (Å²) in [6.45, 7) is 3.32. The third-order valence-electron chi connectivity index (χ3n) is 2.42. The molecule has 9 heteroatoms. The van der Waals surface area contributed by atoms with Crippen LogP contribution in [0.5, 0.6) is 0 Å². The Morgan fingerprint density at radius 3 is 2.21 bits per heavy atom. The van der Waals surface area contributed by atoms with Gasteiger partial charge in [0.2, 0.25) is 0 Å². The molecule has 0 heterocycles. The summed E-state index contributed by atoms with van der Waals surface area (Å²) >= 11 is 0. The van der Waals surface area contributed by atoms with Crippen molar-refractivity contribution in [2.45, 2.75) is 18.7 Å². The van der Waals surface area contributed by atoms with Crippen molar-refractivity contribution in [3.8, 4) is 0 Å². The first-order valence-corrected chi connectivity index (χ1v) is 7.87. The Labute approximate surface area is 111 Å². The van der Waals surface area contributed by atoms with Gasteiger partial charge >= 0.3 is 10.2 Å². The summed E-state index contributed by atoms with van der Waals surface area (Å²) in [5, 5.41) is 0. The second kappa shape index (κ2) is 5.22. The van der Waals surface area contributed by atoms with Crippen molar-refractivity contribution in [2.75, 3.05) is 7.05 Å². The standard InChI is InChI=1S/C10H12N2O5S2/c1-8-4-5-10(9(2)6-8)18(14,15)12(3)19(16,17)11-7-13/h4-6H,1-3H3. The van der Waals surface area contributed by atoms with Crippen LogP contribution in [0.3, 0.4) is 0 Å². The minimum Gasteiger partial charge on any atom is -0.210 e. The second-order valence-corrected chi connectivity index (χ2v) is 7.61. The number of hydrogen-bond donors (Lipinski definition) is 0. The van der Waals surface area contributed by atoms with Crippen molar-refractivity contribution in [3.05, 3.63) is 29.3 Å². The van der Waals surface area contributed by atoms with Gasteiger partial charge in [0.1, 0.15) is 0 Å². The molecule has 0 saturated carbocycles.